The summed E-state index contributed by atoms with van der Waals surface area (Å²) in [5.41, 5.74) is 0.726. The largest absolute Gasteiger partial charge is 0.465 e. The van der Waals surface area contributed by atoms with Crippen molar-refractivity contribution >= 4 is 26.0 Å². The summed E-state index contributed by atoms with van der Waals surface area (Å²) in [4.78, 5) is 38.9. The fourth-order valence-electron chi connectivity index (χ4n) is 4.14. The Bertz CT molecular complexity index is 802. The zero-order chi connectivity index (χ0) is 24.4. The Morgan fingerprint density at radius 2 is 1.79 bits per heavy atom. The van der Waals surface area contributed by atoms with Gasteiger partial charge in [-0.15, -0.1) is 0 Å². The van der Waals surface area contributed by atoms with E-state index in [1.807, 2.05) is 0 Å². The number of rotatable bonds is 10. The predicted molar refractivity (Wildman–Crippen MR) is 132 cm³/mol. The van der Waals surface area contributed by atoms with E-state index in [4.69, 9.17) is 9.47 Å². The number of nitrogens with one attached hydrogen (secondary N) is 1. The Morgan fingerprint density at radius 3 is 2.42 bits per heavy atom. The maximum atomic E-state index is 13.0. The Hall–Kier alpha value is -2.35. The van der Waals surface area contributed by atoms with E-state index >= 15 is 0 Å². The highest BCUT2D eigenvalue weighted by Crippen LogP contribution is 2.27. The number of benzene rings is 1. The first-order chi connectivity index (χ1) is 15.6. The van der Waals surface area contributed by atoms with E-state index in [0.29, 0.717) is 30.2 Å². The molecule has 0 spiro atoms. The molecule has 2 rings (SSSR count). The number of hydrogen-bond acceptors (Lipinski definition) is 5. The number of amides is 2. The third-order valence-electron chi connectivity index (χ3n) is 6.11. The molecule has 7 nitrogen and oxygen atoms in total. The van der Waals surface area contributed by atoms with Crippen LogP contribution in [0.5, 0.6) is 0 Å². The van der Waals surface area contributed by atoms with Crippen molar-refractivity contribution in [2.45, 2.75) is 70.3 Å². The molecule has 0 bridgehead atoms. The Balaban J connectivity index is 2.04. The van der Waals surface area contributed by atoms with E-state index in [1.165, 1.54) is 32.4 Å². The Labute approximate surface area is 199 Å². The van der Waals surface area contributed by atoms with Gasteiger partial charge in [-0.3, -0.25) is 4.79 Å². The minimum atomic E-state index is -1.28. The topological polar surface area (TPSA) is 84.9 Å². The number of likely N-dealkylation sites (N-methyl/N-ethyl adjacent to an activating group) is 1. The van der Waals surface area contributed by atoms with E-state index in [0.717, 1.165) is 25.3 Å². The smallest absolute Gasteiger partial charge is 0.409 e. The molecule has 1 aliphatic carbocycles. The number of esters is 1. The van der Waals surface area contributed by atoms with Crippen molar-refractivity contribution in [1.29, 1.82) is 0 Å². The number of ether oxygens (including phenoxy) is 2. The summed E-state index contributed by atoms with van der Waals surface area (Å²) in [5.74, 6) is -0.215. The van der Waals surface area contributed by atoms with Crippen molar-refractivity contribution in [3.05, 3.63) is 35.4 Å². The van der Waals surface area contributed by atoms with Crippen molar-refractivity contribution in [3.8, 4) is 0 Å². The lowest BCUT2D eigenvalue weighted by atomic mass is 9.84. The third kappa shape index (κ3) is 9.58. The van der Waals surface area contributed by atoms with Crippen LogP contribution in [0.15, 0.2) is 24.3 Å². The molecular formula is C25H40N2O5Si. The minimum Gasteiger partial charge on any atom is -0.465 e. The van der Waals surface area contributed by atoms with Crippen LogP contribution in [-0.2, 0) is 9.47 Å². The second-order valence-electron chi connectivity index (χ2n) is 10.3. The van der Waals surface area contributed by atoms with E-state index in [9.17, 15) is 14.4 Å². The predicted octanol–water partition coefficient (Wildman–Crippen LogP) is 4.95. The first-order valence-corrected chi connectivity index (χ1v) is 15.7. The molecule has 0 aromatic heterocycles. The second-order valence-corrected chi connectivity index (χ2v) is 15.9. The summed E-state index contributed by atoms with van der Waals surface area (Å²) in [7, 11) is 1.75. The molecule has 0 aliphatic heterocycles. The standard InChI is InChI=1S/C25H40N2O5Si/c1-27(25(30)32-14-15-33(3,4)5)18-22(16-19-10-7-6-8-11-19)26-23(28)20-12-9-13-21(17-20)24(29)31-2/h9,12-13,17,19,22H,6-8,10-11,14-16,18H2,1-5H3,(H,26,28). The molecule has 33 heavy (non-hydrogen) atoms. The van der Waals surface area contributed by atoms with Gasteiger partial charge in [-0.25, -0.2) is 9.59 Å². The number of carbonyl (C=O) groups excluding carboxylic acids is 3. The first-order valence-electron chi connectivity index (χ1n) is 12.0. The van der Waals surface area contributed by atoms with Crippen LogP contribution in [0, 0.1) is 5.92 Å². The molecule has 184 valence electrons. The van der Waals surface area contributed by atoms with Crippen LogP contribution >= 0.6 is 0 Å². The van der Waals surface area contributed by atoms with Gasteiger partial charge >= 0.3 is 12.1 Å². The molecule has 0 heterocycles. The molecule has 1 aromatic rings. The average Bonchev–Trinajstić information content (AvgIpc) is 2.78. The van der Waals surface area contributed by atoms with Crippen molar-refractivity contribution in [3.63, 3.8) is 0 Å². The van der Waals surface area contributed by atoms with Crippen molar-refractivity contribution in [2.75, 3.05) is 27.3 Å². The van der Waals surface area contributed by atoms with E-state index in [1.54, 1.807) is 30.1 Å². The summed E-state index contributed by atoms with van der Waals surface area (Å²) in [6.07, 6.45) is 6.43. The van der Waals surface area contributed by atoms with Gasteiger partial charge in [0.05, 0.1) is 19.3 Å². The molecule has 1 aromatic carbocycles. The summed E-state index contributed by atoms with van der Waals surface area (Å²) >= 11 is 0. The van der Waals surface area contributed by atoms with Crippen molar-refractivity contribution < 1.29 is 23.9 Å². The van der Waals surface area contributed by atoms with Gasteiger partial charge in [-0.2, -0.15) is 0 Å². The number of carbonyl (C=O) groups is 3. The first kappa shape index (κ1) is 26.9. The van der Waals surface area contributed by atoms with E-state index < -0.39 is 14.0 Å². The Kier molecular flexibility index (Phi) is 10.4. The lowest BCUT2D eigenvalue weighted by Crippen LogP contribution is -2.45. The lowest BCUT2D eigenvalue weighted by molar-refractivity contribution is 0.0600. The van der Waals surface area contributed by atoms with Gasteiger partial charge in [0.2, 0.25) is 0 Å². The van der Waals surface area contributed by atoms with E-state index in [-0.39, 0.29) is 18.0 Å². The zero-order valence-corrected chi connectivity index (χ0v) is 21.8. The molecule has 1 unspecified atom stereocenters. The van der Waals surface area contributed by atoms with Crippen molar-refractivity contribution in [2.24, 2.45) is 5.92 Å². The number of nitrogens with zero attached hydrogens (tertiary/aromatic N) is 1. The van der Waals surface area contributed by atoms with Gasteiger partial charge in [-0.1, -0.05) is 57.8 Å². The maximum Gasteiger partial charge on any atom is 0.409 e. The van der Waals surface area contributed by atoms with Gasteiger partial charge in [0, 0.05) is 33.3 Å². The summed E-state index contributed by atoms with van der Waals surface area (Å²) in [6, 6.07) is 7.22. The monoisotopic (exact) mass is 476 g/mol. The fourth-order valence-corrected chi connectivity index (χ4v) is 4.85. The quantitative estimate of drug-likeness (QED) is 0.381. The normalized spacial score (nSPS) is 15.4. The lowest BCUT2D eigenvalue weighted by Gasteiger charge is -2.30. The zero-order valence-electron chi connectivity index (χ0n) is 20.8. The molecule has 1 atom stereocenters. The molecular weight excluding hydrogens is 436 g/mol. The van der Waals surface area contributed by atoms with Crippen molar-refractivity contribution in [1.82, 2.24) is 10.2 Å². The van der Waals surface area contributed by atoms with Crippen LogP contribution in [0.2, 0.25) is 25.7 Å². The SMILES string of the molecule is COC(=O)c1cccc(C(=O)NC(CC2CCCCC2)CN(C)C(=O)OCC[Si](C)(C)C)c1. The third-order valence-corrected chi connectivity index (χ3v) is 7.81. The number of hydrogen-bond donors (Lipinski definition) is 1. The highest BCUT2D eigenvalue weighted by atomic mass is 28.3. The summed E-state index contributed by atoms with van der Waals surface area (Å²) in [5, 5.41) is 3.10. The average molecular weight is 477 g/mol. The second kappa shape index (κ2) is 12.8. The van der Waals surface area contributed by atoms with E-state index in [2.05, 4.69) is 25.0 Å². The molecule has 0 radical (unpaired) electrons. The van der Waals surface area contributed by atoms with Gasteiger partial charge < -0.3 is 19.7 Å². The van der Waals surface area contributed by atoms with Crippen LogP contribution in [0.25, 0.3) is 0 Å². The van der Waals surface area contributed by atoms with Crippen LogP contribution in [0.4, 0.5) is 4.79 Å². The molecule has 1 fully saturated rings. The van der Waals surface area contributed by atoms with Crippen LogP contribution in [-0.4, -0.2) is 64.3 Å². The van der Waals surface area contributed by atoms with Gasteiger partial charge in [0.1, 0.15) is 0 Å². The molecule has 1 saturated carbocycles. The van der Waals surface area contributed by atoms with Crippen LogP contribution < -0.4 is 5.32 Å². The Morgan fingerprint density at radius 1 is 1.12 bits per heavy atom. The maximum absolute atomic E-state index is 13.0. The highest BCUT2D eigenvalue weighted by molar-refractivity contribution is 6.76. The molecule has 1 N–H and O–H groups in total. The summed E-state index contributed by atoms with van der Waals surface area (Å²) < 4.78 is 10.2. The number of methoxy groups -OCH3 is 1. The molecule has 0 saturated heterocycles. The highest BCUT2D eigenvalue weighted by Gasteiger charge is 2.25. The van der Waals surface area contributed by atoms with Gasteiger partial charge in [0.15, 0.2) is 0 Å². The molecule has 2 amide bonds. The van der Waals surface area contributed by atoms with Crippen LogP contribution in [0.1, 0.15) is 59.2 Å². The molecule has 1 aliphatic rings. The fraction of sp³-hybridized carbons (Fsp3) is 0.640. The summed E-state index contributed by atoms with van der Waals surface area (Å²) in [6.45, 7) is 7.55. The van der Waals surface area contributed by atoms with Gasteiger partial charge in [-0.05, 0) is 36.6 Å². The van der Waals surface area contributed by atoms with Crippen LogP contribution in [0.3, 0.4) is 0 Å². The van der Waals surface area contributed by atoms with Gasteiger partial charge in [0.25, 0.3) is 5.91 Å². The minimum absolute atomic E-state index is 0.197. The molecule has 8 heteroatoms.